The second-order valence-electron chi connectivity index (χ2n) is 7.84. The Bertz CT molecular complexity index is 719. The van der Waals surface area contributed by atoms with Gasteiger partial charge < -0.3 is 14.7 Å². The molecule has 2 aliphatic rings. The molecule has 1 N–H and O–H groups in total. The van der Waals surface area contributed by atoms with Gasteiger partial charge in [0.2, 0.25) is 0 Å². The SMILES string of the molecule is CC1CCC(N(CC2CCCO2)C(=O)c2cc(C(=O)O)cc([N+](=O)[O-])c2)CC1. The summed E-state index contributed by atoms with van der Waals surface area (Å²) < 4.78 is 5.71. The lowest BCUT2D eigenvalue weighted by Crippen LogP contribution is -2.46. The van der Waals surface area contributed by atoms with Crippen molar-refractivity contribution >= 4 is 17.6 Å². The first-order valence-corrected chi connectivity index (χ1v) is 9.80. The molecule has 1 atom stereocenters. The molecule has 0 spiro atoms. The van der Waals surface area contributed by atoms with E-state index in [1.54, 1.807) is 4.90 Å². The summed E-state index contributed by atoms with van der Waals surface area (Å²) in [5.41, 5.74) is -0.604. The van der Waals surface area contributed by atoms with E-state index in [2.05, 4.69) is 6.92 Å². The first-order chi connectivity index (χ1) is 13.3. The van der Waals surface area contributed by atoms with Gasteiger partial charge in [-0.25, -0.2) is 4.79 Å². The number of carbonyl (C=O) groups excluding carboxylic acids is 1. The number of carboxylic acid groups (broad SMARTS) is 1. The first kappa shape index (κ1) is 20.3. The van der Waals surface area contributed by atoms with Crippen molar-refractivity contribution in [1.29, 1.82) is 0 Å². The third-order valence-corrected chi connectivity index (χ3v) is 5.73. The number of amides is 1. The molecule has 1 unspecified atom stereocenters. The van der Waals surface area contributed by atoms with E-state index < -0.39 is 16.6 Å². The van der Waals surface area contributed by atoms with Crippen molar-refractivity contribution in [2.45, 2.75) is 57.6 Å². The number of carboxylic acids is 1. The Morgan fingerprint density at radius 2 is 1.86 bits per heavy atom. The summed E-state index contributed by atoms with van der Waals surface area (Å²) in [6.45, 7) is 3.31. The van der Waals surface area contributed by atoms with E-state index in [1.165, 1.54) is 12.1 Å². The smallest absolute Gasteiger partial charge is 0.335 e. The van der Waals surface area contributed by atoms with Crippen LogP contribution in [0.3, 0.4) is 0 Å². The summed E-state index contributed by atoms with van der Waals surface area (Å²) in [6, 6.07) is 3.42. The monoisotopic (exact) mass is 390 g/mol. The Balaban J connectivity index is 1.91. The lowest BCUT2D eigenvalue weighted by molar-refractivity contribution is -0.384. The molecule has 8 heteroatoms. The molecular formula is C20H26N2O6. The molecule has 1 aliphatic heterocycles. The van der Waals surface area contributed by atoms with Crippen LogP contribution in [0.25, 0.3) is 0 Å². The van der Waals surface area contributed by atoms with Gasteiger partial charge >= 0.3 is 5.97 Å². The molecule has 1 amide bonds. The Morgan fingerprint density at radius 3 is 2.43 bits per heavy atom. The highest BCUT2D eigenvalue weighted by atomic mass is 16.6. The second-order valence-corrected chi connectivity index (χ2v) is 7.84. The number of nitrogens with zero attached hydrogens (tertiary/aromatic N) is 2. The van der Waals surface area contributed by atoms with E-state index in [0.29, 0.717) is 19.1 Å². The van der Waals surface area contributed by atoms with Crippen molar-refractivity contribution in [3.05, 3.63) is 39.4 Å². The number of hydrogen-bond acceptors (Lipinski definition) is 5. The van der Waals surface area contributed by atoms with Crippen LogP contribution in [0, 0.1) is 16.0 Å². The molecule has 8 nitrogen and oxygen atoms in total. The maximum absolute atomic E-state index is 13.3. The third kappa shape index (κ3) is 4.67. The van der Waals surface area contributed by atoms with Crippen LogP contribution in [0.4, 0.5) is 5.69 Å². The van der Waals surface area contributed by atoms with Gasteiger partial charge in [0, 0.05) is 36.9 Å². The number of aromatic carboxylic acids is 1. The van der Waals surface area contributed by atoms with Crippen LogP contribution in [-0.2, 0) is 4.74 Å². The van der Waals surface area contributed by atoms with Gasteiger partial charge in [0.15, 0.2) is 0 Å². The maximum Gasteiger partial charge on any atom is 0.335 e. The molecule has 0 radical (unpaired) electrons. The Morgan fingerprint density at radius 1 is 1.18 bits per heavy atom. The molecule has 3 rings (SSSR count). The Labute approximate surface area is 163 Å². The van der Waals surface area contributed by atoms with Crippen LogP contribution >= 0.6 is 0 Å². The minimum Gasteiger partial charge on any atom is -0.478 e. The van der Waals surface area contributed by atoms with Crippen molar-refractivity contribution in [3.8, 4) is 0 Å². The maximum atomic E-state index is 13.3. The highest BCUT2D eigenvalue weighted by Crippen LogP contribution is 2.30. The summed E-state index contributed by atoms with van der Waals surface area (Å²) in [6.07, 6.45) is 5.59. The molecule has 0 aromatic heterocycles. The fourth-order valence-corrected chi connectivity index (χ4v) is 4.09. The molecule has 1 heterocycles. The normalized spacial score (nSPS) is 24.7. The van der Waals surface area contributed by atoms with Crippen LogP contribution in [0.2, 0.25) is 0 Å². The van der Waals surface area contributed by atoms with Crippen molar-refractivity contribution in [2.24, 2.45) is 5.92 Å². The highest BCUT2D eigenvalue weighted by molar-refractivity contribution is 5.98. The lowest BCUT2D eigenvalue weighted by Gasteiger charge is -2.37. The molecule has 0 bridgehead atoms. The molecule has 1 saturated heterocycles. The number of nitro benzene ring substituents is 1. The molecule has 2 fully saturated rings. The van der Waals surface area contributed by atoms with Crippen LogP contribution in [0.5, 0.6) is 0 Å². The zero-order chi connectivity index (χ0) is 20.3. The summed E-state index contributed by atoms with van der Waals surface area (Å²) in [7, 11) is 0. The van der Waals surface area contributed by atoms with Gasteiger partial charge in [0.25, 0.3) is 11.6 Å². The van der Waals surface area contributed by atoms with Gasteiger partial charge in [-0.1, -0.05) is 6.92 Å². The summed E-state index contributed by atoms with van der Waals surface area (Å²) >= 11 is 0. The van der Waals surface area contributed by atoms with Gasteiger partial charge in [-0.2, -0.15) is 0 Å². The fraction of sp³-hybridized carbons (Fsp3) is 0.600. The zero-order valence-electron chi connectivity index (χ0n) is 16.0. The van der Waals surface area contributed by atoms with E-state index in [9.17, 15) is 24.8 Å². The van der Waals surface area contributed by atoms with E-state index >= 15 is 0 Å². The van der Waals surface area contributed by atoms with Gasteiger partial charge in [-0.3, -0.25) is 14.9 Å². The van der Waals surface area contributed by atoms with Crippen LogP contribution < -0.4 is 0 Å². The summed E-state index contributed by atoms with van der Waals surface area (Å²) in [4.78, 5) is 37.0. The quantitative estimate of drug-likeness (QED) is 0.588. The Kier molecular flexibility index (Phi) is 6.28. The van der Waals surface area contributed by atoms with Gasteiger partial charge in [0.1, 0.15) is 0 Å². The summed E-state index contributed by atoms with van der Waals surface area (Å²) in [5, 5.41) is 20.5. The van der Waals surface area contributed by atoms with Crippen LogP contribution in [-0.4, -0.2) is 52.1 Å². The topological polar surface area (TPSA) is 110 Å². The number of rotatable bonds is 6. The van der Waals surface area contributed by atoms with E-state index in [-0.39, 0.29) is 29.2 Å². The van der Waals surface area contributed by atoms with Gasteiger partial charge in [-0.05, 0) is 50.5 Å². The third-order valence-electron chi connectivity index (χ3n) is 5.73. The second kappa shape index (κ2) is 8.68. The van der Waals surface area contributed by atoms with Gasteiger partial charge in [0.05, 0.1) is 16.6 Å². The Hall–Kier alpha value is -2.48. The first-order valence-electron chi connectivity index (χ1n) is 9.80. The average Bonchev–Trinajstić information content (AvgIpc) is 3.19. The number of non-ortho nitro benzene ring substituents is 1. The zero-order valence-corrected chi connectivity index (χ0v) is 16.0. The standard InChI is InChI=1S/C20H26N2O6/c1-13-4-6-16(7-5-13)21(12-18-3-2-8-28-18)19(23)14-9-15(20(24)25)11-17(10-14)22(26)27/h9-11,13,16,18H,2-8,12H2,1H3,(H,24,25). The van der Waals surface area contributed by atoms with Crippen molar-refractivity contribution < 1.29 is 24.4 Å². The number of benzene rings is 1. The molecule has 1 aromatic carbocycles. The number of carbonyl (C=O) groups is 2. The minimum atomic E-state index is -1.30. The number of hydrogen-bond donors (Lipinski definition) is 1. The molecule has 152 valence electrons. The van der Waals surface area contributed by atoms with E-state index in [0.717, 1.165) is 44.6 Å². The van der Waals surface area contributed by atoms with Crippen molar-refractivity contribution in [3.63, 3.8) is 0 Å². The predicted octanol–water partition coefficient (Wildman–Crippen LogP) is 3.49. The van der Waals surface area contributed by atoms with Crippen LogP contribution in [0.1, 0.15) is 66.2 Å². The molecule has 28 heavy (non-hydrogen) atoms. The molecular weight excluding hydrogens is 364 g/mol. The predicted molar refractivity (Wildman–Crippen MR) is 101 cm³/mol. The largest absolute Gasteiger partial charge is 0.478 e. The van der Waals surface area contributed by atoms with Crippen molar-refractivity contribution in [1.82, 2.24) is 4.90 Å². The summed E-state index contributed by atoms with van der Waals surface area (Å²) in [5.74, 6) is -1.04. The molecule has 1 aliphatic carbocycles. The minimum absolute atomic E-state index is 0.0408. The fourth-order valence-electron chi connectivity index (χ4n) is 4.09. The van der Waals surface area contributed by atoms with Crippen LogP contribution in [0.15, 0.2) is 18.2 Å². The van der Waals surface area contributed by atoms with Crippen molar-refractivity contribution in [2.75, 3.05) is 13.2 Å². The molecule has 1 aromatic rings. The van der Waals surface area contributed by atoms with Gasteiger partial charge in [-0.15, -0.1) is 0 Å². The average molecular weight is 390 g/mol. The number of nitro groups is 1. The number of ether oxygens (including phenoxy) is 1. The van der Waals surface area contributed by atoms with E-state index in [4.69, 9.17) is 4.74 Å². The molecule has 1 saturated carbocycles. The highest BCUT2D eigenvalue weighted by Gasteiger charge is 2.32. The van der Waals surface area contributed by atoms with E-state index in [1.807, 2.05) is 0 Å². The lowest BCUT2D eigenvalue weighted by atomic mass is 9.86.